The molecule has 2 saturated heterocycles. The predicted octanol–water partition coefficient (Wildman–Crippen LogP) is 2.20. The Morgan fingerprint density at radius 3 is 2.78 bits per heavy atom. The lowest BCUT2D eigenvalue weighted by molar-refractivity contribution is 0.0840. The molecule has 0 radical (unpaired) electrons. The Kier molecular flexibility index (Phi) is 4.33. The highest BCUT2D eigenvalue weighted by Crippen LogP contribution is 2.33. The standard InChI is InChI=1S/C18H26N4O/c1-21-7-9-22(10-8-21)13-16-15-3-2-6-19-18(15)20-17(16)14-4-11-23-12-5-14/h2-3,6,14H,4-5,7-13H2,1H3,(H,19,20). The molecule has 4 rings (SSSR count). The van der Waals surface area contributed by atoms with Gasteiger partial charge in [-0.1, -0.05) is 0 Å². The normalized spacial score (nSPS) is 22.0. The summed E-state index contributed by atoms with van der Waals surface area (Å²) in [5.41, 5.74) is 3.91. The van der Waals surface area contributed by atoms with Crippen LogP contribution in [0.4, 0.5) is 0 Å². The number of likely N-dealkylation sites (N-methyl/N-ethyl adjacent to an activating group) is 1. The van der Waals surface area contributed by atoms with Gasteiger partial charge < -0.3 is 14.6 Å². The highest BCUT2D eigenvalue weighted by Gasteiger charge is 2.24. The van der Waals surface area contributed by atoms with Gasteiger partial charge in [0.2, 0.25) is 0 Å². The maximum Gasteiger partial charge on any atom is 0.137 e. The zero-order valence-electron chi connectivity index (χ0n) is 13.9. The Balaban J connectivity index is 1.65. The molecule has 5 heteroatoms. The van der Waals surface area contributed by atoms with Crippen molar-refractivity contribution in [2.45, 2.75) is 25.3 Å². The fourth-order valence-corrected chi connectivity index (χ4v) is 3.83. The summed E-state index contributed by atoms with van der Waals surface area (Å²) in [5, 5.41) is 1.30. The Morgan fingerprint density at radius 2 is 2.00 bits per heavy atom. The van der Waals surface area contributed by atoms with E-state index in [1.165, 1.54) is 16.6 Å². The van der Waals surface area contributed by atoms with Gasteiger partial charge in [-0.3, -0.25) is 4.90 Å². The minimum absolute atomic E-state index is 0.584. The van der Waals surface area contributed by atoms with E-state index in [9.17, 15) is 0 Å². The molecular weight excluding hydrogens is 288 g/mol. The molecule has 5 nitrogen and oxygen atoms in total. The summed E-state index contributed by atoms with van der Waals surface area (Å²) in [6.45, 7) is 7.41. The van der Waals surface area contributed by atoms with Crippen molar-refractivity contribution in [1.29, 1.82) is 0 Å². The Labute approximate surface area is 137 Å². The van der Waals surface area contributed by atoms with E-state index in [4.69, 9.17) is 4.74 Å². The quantitative estimate of drug-likeness (QED) is 0.943. The minimum atomic E-state index is 0.584. The topological polar surface area (TPSA) is 44.4 Å². The van der Waals surface area contributed by atoms with Crippen LogP contribution in [0, 0.1) is 0 Å². The monoisotopic (exact) mass is 314 g/mol. The minimum Gasteiger partial charge on any atom is -0.381 e. The fraction of sp³-hybridized carbons (Fsp3) is 0.611. The van der Waals surface area contributed by atoms with E-state index in [1.54, 1.807) is 0 Å². The first-order chi connectivity index (χ1) is 11.3. The number of ether oxygens (including phenoxy) is 1. The largest absolute Gasteiger partial charge is 0.381 e. The van der Waals surface area contributed by atoms with Crippen molar-refractivity contribution in [3.05, 3.63) is 29.6 Å². The maximum absolute atomic E-state index is 5.55. The number of hydrogen-bond donors (Lipinski definition) is 1. The molecule has 0 bridgehead atoms. The van der Waals surface area contributed by atoms with Gasteiger partial charge in [-0.15, -0.1) is 0 Å². The fourth-order valence-electron chi connectivity index (χ4n) is 3.83. The van der Waals surface area contributed by atoms with Crippen LogP contribution in [0.3, 0.4) is 0 Å². The lowest BCUT2D eigenvalue weighted by Crippen LogP contribution is -2.44. The van der Waals surface area contributed by atoms with Gasteiger partial charge in [0.15, 0.2) is 0 Å². The first-order valence-corrected chi connectivity index (χ1v) is 8.75. The third kappa shape index (κ3) is 3.13. The van der Waals surface area contributed by atoms with Gasteiger partial charge in [0.1, 0.15) is 5.65 Å². The summed E-state index contributed by atoms with van der Waals surface area (Å²) in [6.07, 6.45) is 4.11. The SMILES string of the molecule is CN1CCN(Cc2c(C3CCOCC3)[nH]c3ncccc23)CC1. The number of pyridine rings is 1. The molecule has 2 aliphatic rings. The van der Waals surface area contributed by atoms with Gasteiger partial charge in [0, 0.05) is 69.1 Å². The molecule has 23 heavy (non-hydrogen) atoms. The molecule has 2 aromatic heterocycles. The average Bonchev–Trinajstić information content (AvgIpc) is 2.96. The molecule has 0 atom stereocenters. The summed E-state index contributed by atoms with van der Waals surface area (Å²) < 4.78 is 5.55. The Bertz CT molecular complexity index is 654. The van der Waals surface area contributed by atoms with Gasteiger partial charge in [-0.2, -0.15) is 0 Å². The highest BCUT2D eigenvalue weighted by atomic mass is 16.5. The molecule has 0 saturated carbocycles. The molecule has 0 spiro atoms. The molecule has 1 N–H and O–H groups in total. The zero-order valence-corrected chi connectivity index (χ0v) is 13.9. The second kappa shape index (κ2) is 6.59. The highest BCUT2D eigenvalue weighted by molar-refractivity contribution is 5.81. The number of rotatable bonds is 3. The van der Waals surface area contributed by atoms with Gasteiger partial charge in [0.05, 0.1) is 0 Å². The second-order valence-electron chi connectivity index (χ2n) is 6.88. The summed E-state index contributed by atoms with van der Waals surface area (Å²) >= 11 is 0. The number of hydrogen-bond acceptors (Lipinski definition) is 4. The smallest absolute Gasteiger partial charge is 0.137 e. The van der Waals surface area contributed by atoms with Gasteiger partial charge in [0.25, 0.3) is 0 Å². The van der Waals surface area contributed by atoms with Crippen molar-refractivity contribution in [2.75, 3.05) is 46.4 Å². The van der Waals surface area contributed by atoms with Crippen LogP contribution in [0.1, 0.15) is 30.0 Å². The number of aromatic nitrogens is 2. The van der Waals surface area contributed by atoms with Gasteiger partial charge in [-0.05, 0) is 37.6 Å². The van der Waals surface area contributed by atoms with E-state index in [1.807, 2.05) is 6.20 Å². The number of aromatic amines is 1. The molecule has 0 aromatic carbocycles. The molecule has 0 unspecified atom stereocenters. The number of nitrogens with zero attached hydrogens (tertiary/aromatic N) is 3. The van der Waals surface area contributed by atoms with Crippen molar-refractivity contribution >= 4 is 11.0 Å². The van der Waals surface area contributed by atoms with Crippen LogP contribution in [-0.2, 0) is 11.3 Å². The molecule has 124 valence electrons. The van der Waals surface area contributed by atoms with Crippen molar-refractivity contribution in [3.63, 3.8) is 0 Å². The zero-order chi connectivity index (χ0) is 15.6. The number of fused-ring (bicyclic) bond motifs is 1. The van der Waals surface area contributed by atoms with Crippen LogP contribution in [-0.4, -0.2) is 66.2 Å². The van der Waals surface area contributed by atoms with Crippen LogP contribution in [0.25, 0.3) is 11.0 Å². The molecule has 0 aliphatic carbocycles. The van der Waals surface area contributed by atoms with E-state index in [0.717, 1.165) is 64.4 Å². The predicted molar refractivity (Wildman–Crippen MR) is 91.7 cm³/mol. The molecule has 0 amide bonds. The van der Waals surface area contributed by atoms with Gasteiger partial charge >= 0.3 is 0 Å². The maximum atomic E-state index is 5.55. The first kappa shape index (κ1) is 15.1. The van der Waals surface area contributed by atoms with E-state index >= 15 is 0 Å². The summed E-state index contributed by atoms with van der Waals surface area (Å²) in [5.74, 6) is 0.584. The Hall–Kier alpha value is -1.43. The first-order valence-electron chi connectivity index (χ1n) is 8.75. The van der Waals surface area contributed by atoms with Crippen molar-refractivity contribution in [2.24, 2.45) is 0 Å². The van der Waals surface area contributed by atoms with Crippen molar-refractivity contribution in [1.82, 2.24) is 19.8 Å². The van der Waals surface area contributed by atoms with Crippen LogP contribution >= 0.6 is 0 Å². The average molecular weight is 314 g/mol. The van der Waals surface area contributed by atoms with Crippen molar-refractivity contribution in [3.8, 4) is 0 Å². The lowest BCUT2D eigenvalue weighted by Gasteiger charge is -2.33. The molecule has 4 heterocycles. The third-order valence-electron chi connectivity index (χ3n) is 5.32. The summed E-state index contributed by atoms with van der Waals surface area (Å²) in [6, 6.07) is 4.27. The van der Waals surface area contributed by atoms with Gasteiger partial charge in [-0.25, -0.2) is 4.98 Å². The van der Waals surface area contributed by atoms with Crippen LogP contribution in [0.15, 0.2) is 18.3 Å². The van der Waals surface area contributed by atoms with E-state index in [-0.39, 0.29) is 0 Å². The third-order valence-corrected chi connectivity index (χ3v) is 5.32. The second-order valence-corrected chi connectivity index (χ2v) is 6.88. The number of piperazine rings is 1. The van der Waals surface area contributed by atoms with Crippen LogP contribution < -0.4 is 0 Å². The van der Waals surface area contributed by atoms with E-state index in [2.05, 4.69) is 38.9 Å². The van der Waals surface area contributed by atoms with E-state index in [0.29, 0.717) is 5.92 Å². The number of nitrogens with one attached hydrogen (secondary N) is 1. The molecular formula is C18H26N4O. The lowest BCUT2D eigenvalue weighted by atomic mass is 9.93. The van der Waals surface area contributed by atoms with Crippen LogP contribution in [0.2, 0.25) is 0 Å². The van der Waals surface area contributed by atoms with Crippen molar-refractivity contribution < 1.29 is 4.74 Å². The molecule has 2 aliphatic heterocycles. The molecule has 2 aromatic rings. The number of H-pyrrole nitrogens is 1. The summed E-state index contributed by atoms with van der Waals surface area (Å²) in [7, 11) is 2.21. The summed E-state index contributed by atoms with van der Waals surface area (Å²) in [4.78, 5) is 13.2. The van der Waals surface area contributed by atoms with Crippen LogP contribution in [0.5, 0.6) is 0 Å². The Morgan fingerprint density at radius 1 is 1.22 bits per heavy atom. The van der Waals surface area contributed by atoms with E-state index < -0.39 is 0 Å². The molecule has 2 fully saturated rings.